The molecule has 1 N–H and O–H groups in total. The van der Waals surface area contributed by atoms with E-state index < -0.39 is 0 Å². The summed E-state index contributed by atoms with van der Waals surface area (Å²) >= 11 is 1.38. The maximum Gasteiger partial charge on any atom is 0.311 e. The number of nitriles is 1. The predicted octanol–water partition coefficient (Wildman–Crippen LogP) is 4.23. The Labute approximate surface area is 167 Å². The van der Waals surface area contributed by atoms with Crippen molar-refractivity contribution in [2.24, 2.45) is 5.10 Å². The second kappa shape index (κ2) is 9.44. The monoisotopic (exact) mass is 390 g/mol. The van der Waals surface area contributed by atoms with Crippen LogP contribution in [0.25, 0.3) is 11.1 Å². The van der Waals surface area contributed by atoms with Gasteiger partial charge in [0.2, 0.25) is 5.13 Å². The first-order valence-electron chi connectivity index (χ1n) is 8.67. The molecular formula is C21H18N4O2S. The number of hydrogen-bond acceptors (Lipinski definition) is 7. The number of benzene rings is 2. The third-order valence-corrected chi connectivity index (χ3v) is 4.59. The zero-order valence-electron chi connectivity index (χ0n) is 15.3. The van der Waals surface area contributed by atoms with E-state index >= 15 is 0 Å². The van der Waals surface area contributed by atoms with Gasteiger partial charge in [-0.3, -0.25) is 10.2 Å². The van der Waals surface area contributed by atoms with Crippen molar-refractivity contribution in [2.75, 3.05) is 12.0 Å². The quantitative estimate of drug-likeness (QED) is 0.370. The van der Waals surface area contributed by atoms with Crippen LogP contribution in [0.2, 0.25) is 0 Å². The van der Waals surface area contributed by atoms with Gasteiger partial charge in [0.15, 0.2) is 0 Å². The SMILES string of the molecule is CCOC(=O)Cc1csc(NN=Cc2cccc(-c3ccc(C#N)cc3)c2)n1. The van der Waals surface area contributed by atoms with Crippen LogP contribution in [-0.2, 0) is 16.0 Å². The summed E-state index contributed by atoms with van der Waals surface area (Å²) in [5.41, 5.74) is 7.18. The molecule has 0 fully saturated rings. The van der Waals surface area contributed by atoms with Gasteiger partial charge in [0.25, 0.3) is 0 Å². The largest absolute Gasteiger partial charge is 0.466 e. The molecule has 3 aromatic rings. The van der Waals surface area contributed by atoms with Gasteiger partial charge in [-0.05, 0) is 41.8 Å². The Kier molecular flexibility index (Phi) is 6.50. The minimum absolute atomic E-state index is 0.155. The maximum absolute atomic E-state index is 11.5. The van der Waals surface area contributed by atoms with Crippen molar-refractivity contribution in [3.05, 3.63) is 70.7 Å². The Balaban J connectivity index is 1.62. The van der Waals surface area contributed by atoms with Gasteiger partial charge in [-0.15, -0.1) is 11.3 Å². The number of anilines is 1. The zero-order valence-corrected chi connectivity index (χ0v) is 16.1. The molecule has 3 rings (SSSR count). The maximum atomic E-state index is 11.5. The highest BCUT2D eigenvalue weighted by atomic mass is 32.1. The fourth-order valence-corrected chi connectivity index (χ4v) is 3.16. The molecule has 0 amide bonds. The highest BCUT2D eigenvalue weighted by Gasteiger charge is 2.07. The van der Waals surface area contributed by atoms with Gasteiger partial charge < -0.3 is 4.74 Å². The molecule has 1 heterocycles. The Morgan fingerprint density at radius 1 is 1.29 bits per heavy atom. The average Bonchev–Trinajstić information content (AvgIpc) is 3.15. The Bertz CT molecular complexity index is 1020. The topological polar surface area (TPSA) is 87.4 Å². The van der Waals surface area contributed by atoms with E-state index in [0.29, 0.717) is 23.0 Å². The normalized spacial score (nSPS) is 10.6. The molecule has 0 bridgehead atoms. The molecule has 0 aliphatic heterocycles. The van der Waals surface area contributed by atoms with Crippen molar-refractivity contribution < 1.29 is 9.53 Å². The molecule has 0 saturated heterocycles. The fourth-order valence-electron chi connectivity index (χ4n) is 2.50. The highest BCUT2D eigenvalue weighted by Crippen LogP contribution is 2.21. The summed E-state index contributed by atoms with van der Waals surface area (Å²) in [7, 11) is 0. The lowest BCUT2D eigenvalue weighted by molar-refractivity contribution is -0.142. The Morgan fingerprint density at radius 2 is 2.11 bits per heavy atom. The van der Waals surface area contributed by atoms with E-state index in [1.807, 2.05) is 36.4 Å². The summed E-state index contributed by atoms with van der Waals surface area (Å²) < 4.78 is 4.91. The molecule has 0 aliphatic rings. The molecular weight excluding hydrogens is 372 g/mol. The van der Waals surface area contributed by atoms with Crippen LogP contribution in [0.15, 0.2) is 59.0 Å². The number of hydrogen-bond donors (Lipinski definition) is 1. The first-order valence-corrected chi connectivity index (χ1v) is 9.55. The first kappa shape index (κ1) is 19.3. The van der Waals surface area contributed by atoms with Gasteiger partial charge in [0.05, 0.1) is 36.6 Å². The van der Waals surface area contributed by atoms with Gasteiger partial charge in [0, 0.05) is 5.38 Å². The Morgan fingerprint density at radius 3 is 2.86 bits per heavy atom. The van der Waals surface area contributed by atoms with Crippen molar-refractivity contribution in [3.63, 3.8) is 0 Å². The summed E-state index contributed by atoms with van der Waals surface area (Å²) in [5, 5.41) is 15.5. The summed E-state index contributed by atoms with van der Waals surface area (Å²) in [6, 6.07) is 17.5. The number of thiazole rings is 1. The van der Waals surface area contributed by atoms with Crippen LogP contribution in [0.3, 0.4) is 0 Å². The van der Waals surface area contributed by atoms with Gasteiger partial charge in [0.1, 0.15) is 0 Å². The number of ether oxygens (including phenoxy) is 1. The smallest absolute Gasteiger partial charge is 0.311 e. The van der Waals surface area contributed by atoms with Crippen molar-refractivity contribution in [3.8, 4) is 17.2 Å². The third-order valence-electron chi connectivity index (χ3n) is 3.79. The number of aromatic nitrogens is 1. The first-order chi connectivity index (χ1) is 13.7. The molecule has 1 aromatic heterocycles. The standard InChI is InChI=1S/C21H18N4O2S/c1-2-27-20(26)11-19-14-28-21(24-19)25-23-13-16-4-3-5-18(10-16)17-8-6-15(12-22)7-9-17/h3-10,13-14H,2,11H2,1H3,(H,24,25). The highest BCUT2D eigenvalue weighted by molar-refractivity contribution is 7.13. The average molecular weight is 390 g/mol. The van der Waals surface area contributed by atoms with Crippen LogP contribution in [0.1, 0.15) is 23.7 Å². The van der Waals surface area contributed by atoms with Gasteiger partial charge >= 0.3 is 5.97 Å². The van der Waals surface area contributed by atoms with E-state index in [1.54, 1.807) is 30.7 Å². The second-order valence-corrected chi connectivity index (χ2v) is 6.67. The predicted molar refractivity (Wildman–Crippen MR) is 110 cm³/mol. The van der Waals surface area contributed by atoms with E-state index in [4.69, 9.17) is 10.00 Å². The lowest BCUT2D eigenvalue weighted by Gasteiger charge is -2.03. The minimum Gasteiger partial charge on any atom is -0.466 e. The van der Waals surface area contributed by atoms with E-state index in [1.165, 1.54) is 11.3 Å². The molecule has 7 heteroatoms. The number of nitrogens with zero attached hydrogens (tertiary/aromatic N) is 3. The molecule has 0 saturated carbocycles. The molecule has 28 heavy (non-hydrogen) atoms. The summed E-state index contributed by atoms with van der Waals surface area (Å²) in [4.78, 5) is 15.8. The number of nitrogens with one attached hydrogen (secondary N) is 1. The molecule has 0 aliphatic carbocycles. The van der Waals surface area contributed by atoms with Crippen LogP contribution in [0, 0.1) is 11.3 Å². The molecule has 140 valence electrons. The van der Waals surface area contributed by atoms with Gasteiger partial charge in [-0.1, -0.05) is 30.3 Å². The second-order valence-electron chi connectivity index (χ2n) is 5.81. The van der Waals surface area contributed by atoms with Crippen molar-refractivity contribution >= 4 is 28.7 Å². The van der Waals surface area contributed by atoms with Crippen LogP contribution in [-0.4, -0.2) is 23.8 Å². The summed E-state index contributed by atoms with van der Waals surface area (Å²) in [6.07, 6.45) is 1.86. The van der Waals surface area contributed by atoms with Gasteiger partial charge in [-0.25, -0.2) is 4.98 Å². The van der Waals surface area contributed by atoms with Gasteiger partial charge in [-0.2, -0.15) is 10.4 Å². The molecule has 0 radical (unpaired) electrons. The molecule has 2 aromatic carbocycles. The minimum atomic E-state index is -0.289. The number of carbonyl (C=O) groups is 1. The van der Waals surface area contributed by atoms with E-state index in [0.717, 1.165) is 16.7 Å². The van der Waals surface area contributed by atoms with Crippen LogP contribution >= 0.6 is 11.3 Å². The van der Waals surface area contributed by atoms with Crippen molar-refractivity contribution in [2.45, 2.75) is 13.3 Å². The third kappa shape index (κ3) is 5.25. The number of hydrazone groups is 1. The fraction of sp³-hybridized carbons (Fsp3) is 0.143. The summed E-state index contributed by atoms with van der Waals surface area (Å²) in [6.45, 7) is 2.14. The van der Waals surface area contributed by atoms with Crippen molar-refractivity contribution in [1.29, 1.82) is 5.26 Å². The number of carbonyl (C=O) groups excluding carboxylic acids is 1. The van der Waals surface area contributed by atoms with E-state index in [2.05, 4.69) is 21.6 Å². The number of rotatable bonds is 7. The van der Waals surface area contributed by atoms with Crippen LogP contribution in [0.4, 0.5) is 5.13 Å². The molecule has 0 spiro atoms. The Hall–Kier alpha value is -3.50. The molecule has 6 nitrogen and oxygen atoms in total. The van der Waals surface area contributed by atoms with E-state index in [-0.39, 0.29) is 12.4 Å². The molecule has 0 atom stereocenters. The lowest BCUT2D eigenvalue weighted by atomic mass is 10.0. The summed E-state index contributed by atoms with van der Waals surface area (Å²) in [5.74, 6) is -0.289. The lowest BCUT2D eigenvalue weighted by Crippen LogP contribution is -2.07. The van der Waals surface area contributed by atoms with Crippen LogP contribution in [0.5, 0.6) is 0 Å². The zero-order chi connectivity index (χ0) is 19.8. The van der Waals surface area contributed by atoms with Crippen molar-refractivity contribution in [1.82, 2.24) is 4.98 Å². The number of esters is 1. The van der Waals surface area contributed by atoms with E-state index in [9.17, 15) is 4.79 Å². The molecule has 0 unspecified atom stereocenters. The van der Waals surface area contributed by atoms with Crippen LogP contribution < -0.4 is 5.43 Å².